The Hall–Kier alpha value is -4.46. The molecule has 180 valence electrons. The van der Waals surface area contributed by atoms with Crippen LogP contribution in [0.1, 0.15) is 21.8 Å². The molecule has 0 saturated carbocycles. The Bertz CT molecular complexity index is 1440. The lowest BCUT2D eigenvalue weighted by molar-refractivity contribution is -0.146. The van der Waals surface area contributed by atoms with Crippen molar-refractivity contribution in [1.29, 1.82) is 0 Å². The van der Waals surface area contributed by atoms with Gasteiger partial charge < -0.3 is 19.5 Å². The molecule has 0 spiro atoms. The quantitative estimate of drug-likeness (QED) is 0.449. The largest absolute Gasteiger partial charge is 0.454 e. The highest BCUT2D eigenvalue weighted by atomic mass is 16.3. The second-order valence-corrected chi connectivity index (χ2v) is 9.02. The maximum Gasteiger partial charge on any atom is 0.290 e. The molecule has 4 heterocycles. The number of Topliss-reactive ketones (excluding diaryl/α,β-unsaturated/α-hetero) is 1. The number of aromatic nitrogens is 1. The Morgan fingerprint density at radius 1 is 0.889 bits per heavy atom. The molecule has 36 heavy (non-hydrogen) atoms. The van der Waals surface area contributed by atoms with Crippen molar-refractivity contribution in [2.24, 2.45) is 0 Å². The smallest absolute Gasteiger partial charge is 0.290 e. The molecule has 2 aliphatic heterocycles. The number of amides is 2. The van der Waals surface area contributed by atoms with Gasteiger partial charge in [-0.1, -0.05) is 36.4 Å². The molecule has 1 N–H and O–H groups in total. The van der Waals surface area contributed by atoms with E-state index in [0.29, 0.717) is 49.7 Å². The van der Waals surface area contributed by atoms with E-state index in [-0.39, 0.29) is 5.91 Å². The fourth-order valence-electron chi connectivity index (χ4n) is 4.97. The molecule has 0 bridgehead atoms. The highest BCUT2D eigenvalue weighted by Gasteiger charge is 2.37. The van der Waals surface area contributed by atoms with E-state index in [9.17, 15) is 14.4 Å². The van der Waals surface area contributed by atoms with Crippen molar-refractivity contribution >= 4 is 34.3 Å². The predicted molar refractivity (Wildman–Crippen MR) is 135 cm³/mol. The van der Waals surface area contributed by atoms with E-state index in [4.69, 9.17) is 4.42 Å². The van der Waals surface area contributed by atoms with Gasteiger partial charge in [0.25, 0.3) is 11.8 Å². The van der Waals surface area contributed by atoms with Crippen LogP contribution in [-0.2, 0) is 9.59 Å². The van der Waals surface area contributed by atoms with Gasteiger partial charge in [0.2, 0.25) is 5.78 Å². The number of carbonyl (C=O) groups excluding carboxylic acids is 3. The van der Waals surface area contributed by atoms with Crippen molar-refractivity contribution in [2.45, 2.75) is 5.92 Å². The average Bonchev–Trinajstić information content (AvgIpc) is 3.57. The van der Waals surface area contributed by atoms with Crippen molar-refractivity contribution in [3.63, 3.8) is 0 Å². The first kappa shape index (κ1) is 22.0. The summed E-state index contributed by atoms with van der Waals surface area (Å²) in [5.41, 5.74) is 3.48. The summed E-state index contributed by atoms with van der Waals surface area (Å²) < 4.78 is 5.98. The van der Waals surface area contributed by atoms with Gasteiger partial charge in [0, 0.05) is 49.9 Å². The second-order valence-electron chi connectivity index (χ2n) is 9.02. The van der Waals surface area contributed by atoms with Crippen LogP contribution in [0.15, 0.2) is 77.3 Å². The molecule has 2 aromatic heterocycles. The van der Waals surface area contributed by atoms with Crippen molar-refractivity contribution in [1.82, 2.24) is 14.8 Å². The SMILES string of the molecule is O=C(C(=O)N1CCN(C(=O)c2ccccc2)CC1)C1CNc2c1ccnc2-c1cc2ccccc2o1. The molecular formula is C28H24N4O4. The summed E-state index contributed by atoms with van der Waals surface area (Å²) in [4.78, 5) is 46.9. The number of pyridine rings is 1. The second kappa shape index (κ2) is 8.96. The topological polar surface area (TPSA) is 95.8 Å². The number of benzene rings is 2. The fourth-order valence-corrected chi connectivity index (χ4v) is 4.97. The molecule has 2 amide bonds. The van der Waals surface area contributed by atoms with E-state index in [1.165, 1.54) is 0 Å². The maximum atomic E-state index is 13.3. The van der Waals surface area contributed by atoms with Crippen LogP contribution in [-0.4, -0.2) is 65.1 Å². The van der Waals surface area contributed by atoms with E-state index >= 15 is 0 Å². The number of fused-ring (bicyclic) bond motifs is 2. The van der Waals surface area contributed by atoms with Crippen LogP contribution >= 0.6 is 0 Å². The molecule has 4 aromatic rings. The summed E-state index contributed by atoms with van der Waals surface area (Å²) in [6.45, 7) is 1.78. The molecule has 1 fully saturated rings. The highest BCUT2D eigenvalue weighted by molar-refractivity contribution is 6.38. The standard InChI is InChI=1S/C28H24N4O4/c33-26(28(35)32-14-12-31(13-15-32)27(34)18-6-2-1-3-7-18)21-17-30-24-20(21)10-11-29-25(24)23-16-19-8-4-5-9-22(19)36-23/h1-11,16,21,30H,12-15,17H2. The van der Waals surface area contributed by atoms with E-state index in [1.807, 2.05) is 48.5 Å². The number of hydrogen-bond donors (Lipinski definition) is 1. The van der Waals surface area contributed by atoms with E-state index in [2.05, 4.69) is 10.3 Å². The van der Waals surface area contributed by atoms with Crippen molar-refractivity contribution in [2.75, 3.05) is 38.0 Å². The molecule has 1 unspecified atom stereocenters. The third-order valence-corrected chi connectivity index (χ3v) is 6.90. The van der Waals surface area contributed by atoms with Crippen molar-refractivity contribution in [3.05, 3.63) is 84.1 Å². The lowest BCUT2D eigenvalue weighted by Gasteiger charge is -2.34. The van der Waals surface area contributed by atoms with E-state index in [1.54, 1.807) is 34.2 Å². The molecule has 1 atom stereocenters. The number of nitrogens with zero attached hydrogens (tertiary/aromatic N) is 3. The minimum atomic E-state index is -0.595. The van der Waals surface area contributed by atoms with Gasteiger partial charge in [-0.2, -0.15) is 0 Å². The monoisotopic (exact) mass is 480 g/mol. The first-order valence-electron chi connectivity index (χ1n) is 12.0. The van der Waals surface area contributed by atoms with Crippen LogP contribution in [0, 0.1) is 0 Å². The van der Waals surface area contributed by atoms with Crippen LogP contribution in [0.5, 0.6) is 0 Å². The van der Waals surface area contributed by atoms with Gasteiger partial charge in [-0.25, -0.2) is 0 Å². The molecule has 0 aliphatic carbocycles. The summed E-state index contributed by atoms with van der Waals surface area (Å²) in [6, 6.07) is 20.5. The lowest BCUT2D eigenvalue weighted by Crippen LogP contribution is -2.52. The minimum absolute atomic E-state index is 0.0615. The third kappa shape index (κ3) is 3.80. The van der Waals surface area contributed by atoms with E-state index in [0.717, 1.165) is 22.2 Å². The van der Waals surface area contributed by atoms with Crippen molar-refractivity contribution < 1.29 is 18.8 Å². The molecule has 0 radical (unpaired) electrons. The molecule has 2 aromatic carbocycles. The molecule has 8 heteroatoms. The van der Waals surface area contributed by atoms with Crippen LogP contribution < -0.4 is 5.32 Å². The first-order chi connectivity index (χ1) is 17.6. The zero-order valence-electron chi connectivity index (χ0n) is 19.5. The van der Waals surface area contributed by atoms with Gasteiger partial charge in [-0.3, -0.25) is 19.4 Å². The average molecular weight is 481 g/mol. The lowest BCUT2D eigenvalue weighted by atomic mass is 9.95. The number of anilines is 1. The highest BCUT2D eigenvalue weighted by Crippen LogP contribution is 2.40. The first-order valence-corrected chi connectivity index (χ1v) is 12.0. The summed E-state index contributed by atoms with van der Waals surface area (Å²) >= 11 is 0. The number of carbonyl (C=O) groups is 3. The Labute approximate surface area is 207 Å². The van der Waals surface area contributed by atoms with Crippen LogP contribution in [0.3, 0.4) is 0 Å². The molecular weight excluding hydrogens is 456 g/mol. The Kier molecular flexibility index (Phi) is 5.48. The number of nitrogens with one attached hydrogen (secondary N) is 1. The number of piperazine rings is 1. The van der Waals surface area contributed by atoms with Crippen molar-refractivity contribution in [3.8, 4) is 11.5 Å². The fraction of sp³-hybridized carbons (Fsp3) is 0.214. The maximum absolute atomic E-state index is 13.3. The normalized spacial score (nSPS) is 17.1. The van der Waals surface area contributed by atoms with Gasteiger partial charge >= 0.3 is 0 Å². The van der Waals surface area contributed by atoms with E-state index < -0.39 is 17.6 Å². The van der Waals surface area contributed by atoms with Gasteiger partial charge in [0.1, 0.15) is 11.3 Å². The molecule has 2 aliphatic rings. The number of rotatable bonds is 4. The Morgan fingerprint density at radius 3 is 2.39 bits per heavy atom. The van der Waals surface area contributed by atoms with Crippen LogP contribution in [0.25, 0.3) is 22.4 Å². The summed E-state index contributed by atoms with van der Waals surface area (Å²) in [7, 11) is 0. The zero-order chi connectivity index (χ0) is 24.6. The number of ketones is 1. The molecule has 1 saturated heterocycles. The number of para-hydroxylation sites is 1. The number of hydrogen-bond acceptors (Lipinski definition) is 6. The number of furan rings is 1. The predicted octanol–water partition coefficient (Wildman–Crippen LogP) is 3.56. The van der Waals surface area contributed by atoms with Gasteiger partial charge in [-0.15, -0.1) is 0 Å². The van der Waals surface area contributed by atoms with Gasteiger partial charge in [0.15, 0.2) is 5.76 Å². The third-order valence-electron chi connectivity index (χ3n) is 6.90. The van der Waals surface area contributed by atoms with Crippen LogP contribution in [0.4, 0.5) is 5.69 Å². The minimum Gasteiger partial charge on any atom is -0.454 e. The van der Waals surface area contributed by atoms with Gasteiger partial charge in [-0.05, 0) is 35.9 Å². The Balaban J connectivity index is 1.16. The molecule has 6 rings (SSSR count). The Morgan fingerprint density at radius 2 is 1.61 bits per heavy atom. The van der Waals surface area contributed by atoms with Crippen LogP contribution in [0.2, 0.25) is 0 Å². The summed E-state index contributed by atoms with van der Waals surface area (Å²) in [5, 5.41) is 4.24. The molecule has 8 nitrogen and oxygen atoms in total. The summed E-state index contributed by atoms with van der Waals surface area (Å²) in [5.74, 6) is -1.01. The van der Waals surface area contributed by atoms with Gasteiger partial charge in [0.05, 0.1) is 11.6 Å². The summed E-state index contributed by atoms with van der Waals surface area (Å²) in [6.07, 6.45) is 1.65. The zero-order valence-corrected chi connectivity index (χ0v) is 19.5.